The zero-order valence-corrected chi connectivity index (χ0v) is 22.3. The van der Waals surface area contributed by atoms with E-state index in [0.29, 0.717) is 24.5 Å². The van der Waals surface area contributed by atoms with E-state index < -0.39 is 6.04 Å². The highest BCUT2D eigenvalue weighted by Gasteiger charge is 2.33. The molecule has 3 aromatic heterocycles. The van der Waals surface area contributed by atoms with E-state index in [1.807, 2.05) is 53.3 Å². The maximum absolute atomic E-state index is 13.7. The van der Waals surface area contributed by atoms with Crippen LogP contribution in [0, 0.1) is 0 Å². The summed E-state index contributed by atoms with van der Waals surface area (Å²) in [4.78, 5) is 23.4. The summed E-state index contributed by atoms with van der Waals surface area (Å²) in [6.45, 7) is 9.45. The Balaban J connectivity index is 1.73. The van der Waals surface area contributed by atoms with Gasteiger partial charge in [0.25, 0.3) is 5.56 Å². The summed E-state index contributed by atoms with van der Waals surface area (Å²) in [5.74, 6) is 0.619. The van der Waals surface area contributed by atoms with Gasteiger partial charge in [-0.25, -0.2) is 4.68 Å². The Morgan fingerprint density at radius 3 is 2.42 bits per heavy atom. The molecular weight excluding hydrogens is 474 g/mol. The molecule has 0 saturated heterocycles. The van der Waals surface area contributed by atoms with Gasteiger partial charge >= 0.3 is 0 Å². The van der Waals surface area contributed by atoms with Gasteiger partial charge in [-0.2, -0.15) is 0 Å². The zero-order chi connectivity index (χ0) is 26.7. The molecule has 2 aromatic carbocycles. The second-order valence-electron chi connectivity index (χ2n) is 10.6. The van der Waals surface area contributed by atoms with E-state index in [9.17, 15) is 4.79 Å². The molecule has 0 fully saturated rings. The molecular formula is C30H33N7O. The van der Waals surface area contributed by atoms with E-state index in [4.69, 9.17) is 0 Å². The Labute approximate surface area is 222 Å². The zero-order valence-electron chi connectivity index (χ0n) is 22.3. The molecule has 0 radical (unpaired) electrons. The van der Waals surface area contributed by atoms with Crippen molar-refractivity contribution in [1.82, 2.24) is 35.1 Å². The van der Waals surface area contributed by atoms with Crippen LogP contribution in [0.3, 0.4) is 0 Å². The van der Waals surface area contributed by atoms with E-state index in [1.165, 1.54) is 5.56 Å². The first-order chi connectivity index (χ1) is 18.3. The molecule has 0 saturated carbocycles. The number of nitrogens with one attached hydrogen (secondary N) is 1. The van der Waals surface area contributed by atoms with Gasteiger partial charge in [0.2, 0.25) is 0 Å². The smallest absolute Gasteiger partial charge is 0.253 e. The number of fused-ring (bicyclic) bond motifs is 1. The molecule has 5 aromatic rings. The number of nitrogens with zero attached hydrogens (tertiary/aromatic N) is 6. The molecule has 1 unspecified atom stereocenters. The summed E-state index contributed by atoms with van der Waals surface area (Å²) >= 11 is 0. The first-order valence-electron chi connectivity index (χ1n) is 12.9. The van der Waals surface area contributed by atoms with Gasteiger partial charge in [0.15, 0.2) is 5.82 Å². The third-order valence-corrected chi connectivity index (χ3v) is 6.72. The van der Waals surface area contributed by atoms with Crippen LogP contribution in [0.1, 0.15) is 61.8 Å². The molecule has 38 heavy (non-hydrogen) atoms. The normalized spacial score (nSPS) is 12.8. The van der Waals surface area contributed by atoms with Crippen LogP contribution in [0.25, 0.3) is 10.9 Å². The molecule has 3 heterocycles. The number of rotatable bonds is 8. The highest BCUT2D eigenvalue weighted by atomic mass is 16.1. The maximum Gasteiger partial charge on any atom is 0.253 e. The fourth-order valence-corrected chi connectivity index (χ4v) is 4.82. The molecule has 194 valence electrons. The van der Waals surface area contributed by atoms with Crippen LogP contribution in [-0.2, 0) is 25.0 Å². The molecule has 1 atom stereocenters. The van der Waals surface area contributed by atoms with Crippen LogP contribution in [0.2, 0.25) is 0 Å². The van der Waals surface area contributed by atoms with Crippen LogP contribution >= 0.6 is 0 Å². The third kappa shape index (κ3) is 5.40. The van der Waals surface area contributed by atoms with Gasteiger partial charge in [-0.3, -0.25) is 14.7 Å². The van der Waals surface area contributed by atoms with E-state index in [-0.39, 0.29) is 11.1 Å². The maximum atomic E-state index is 13.7. The highest BCUT2D eigenvalue weighted by Crippen LogP contribution is 2.32. The molecule has 5 rings (SSSR count). The largest absolute Gasteiger partial charge is 0.322 e. The number of benzene rings is 2. The van der Waals surface area contributed by atoms with Crippen LogP contribution in [0.4, 0.5) is 0 Å². The van der Waals surface area contributed by atoms with Crippen molar-refractivity contribution in [2.24, 2.45) is 0 Å². The van der Waals surface area contributed by atoms with Gasteiger partial charge in [0, 0.05) is 36.6 Å². The Morgan fingerprint density at radius 2 is 1.71 bits per heavy atom. The molecule has 0 aliphatic carbocycles. The van der Waals surface area contributed by atoms with Crippen molar-refractivity contribution in [3.05, 3.63) is 118 Å². The van der Waals surface area contributed by atoms with Crippen molar-refractivity contribution in [3.8, 4) is 0 Å². The number of aromatic nitrogens is 6. The highest BCUT2D eigenvalue weighted by molar-refractivity contribution is 5.80. The number of tetrazole rings is 1. The molecule has 0 aliphatic rings. The van der Waals surface area contributed by atoms with E-state index in [1.54, 1.807) is 6.20 Å². The summed E-state index contributed by atoms with van der Waals surface area (Å²) in [6, 6.07) is 21.9. The van der Waals surface area contributed by atoms with Crippen LogP contribution in [0.15, 0.2) is 83.9 Å². The lowest BCUT2D eigenvalue weighted by Crippen LogP contribution is -2.37. The number of hydrogen-bond acceptors (Lipinski definition) is 6. The monoisotopic (exact) mass is 507 g/mol. The lowest BCUT2D eigenvalue weighted by Gasteiger charge is -2.33. The van der Waals surface area contributed by atoms with Crippen LogP contribution in [0.5, 0.6) is 0 Å². The SMILES string of the molecule is CCc1ccc2[nH]c(=O)c(C(c3nnnn3C(C)(C)C)N(Cc3ccccc3)Cc3cccnc3)cc2c1. The van der Waals surface area contributed by atoms with E-state index in [2.05, 4.69) is 82.4 Å². The fraction of sp³-hybridized carbons (Fsp3) is 0.300. The van der Waals surface area contributed by atoms with Crippen molar-refractivity contribution in [3.63, 3.8) is 0 Å². The molecule has 1 N–H and O–H groups in total. The summed E-state index contributed by atoms with van der Waals surface area (Å²) in [7, 11) is 0. The summed E-state index contributed by atoms with van der Waals surface area (Å²) in [6.07, 6.45) is 4.54. The minimum absolute atomic E-state index is 0.153. The Hall–Kier alpha value is -4.17. The third-order valence-electron chi connectivity index (χ3n) is 6.72. The van der Waals surface area contributed by atoms with Gasteiger partial charge < -0.3 is 4.98 Å². The van der Waals surface area contributed by atoms with Gasteiger partial charge in [-0.1, -0.05) is 49.4 Å². The number of aryl methyl sites for hydroxylation is 1. The van der Waals surface area contributed by atoms with Crippen molar-refractivity contribution in [2.45, 2.75) is 58.8 Å². The number of hydrogen-bond donors (Lipinski definition) is 1. The van der Waals surface area contributed by atoms with Gasteiger partial charge in [-0.15, -0.1) is 5.10 Å². The summed E-state index contributed by atoms with van der Waals surface area (Å²) in [5, 5.41) is 13.9. The molecule has 0 aliphatic heterocycles. The van der Waals surface area contributed by atoms with Crippen LogP contribution in [-0.4, -0.2) is 35.1 Å². The minimum Gasteiger partial charge on any atom is -0.322 e. The molecule has 0 bridgehead atoms. The van der Waals surface area contributed by atoms with Crippen molar-refractivity contribution in [1.29, 1.82) is 0 Å². The standard InChI is InChI=1S/C30H33N7O/c1-5-21-13-14-26-24(16-21)17-25(29(38)32-26)27(28-33-34-35-37(28)30(2,3)4)36(19-22-10-7-6-8-11-22)20-23-12-9-15-31-18-23/h6-18,27H,5,19-20H2,1-4H3,(H,32,38). The topological polar surface area (TPSA) is 92.6 Å². The van der Waals surface area contributed by atoms with Gasteiger partial charge in [0.05, 0.1) is 5.54 Å². The summed E-state index contributed by atoms with van der Waals surface area (Å²) in [5.41, 5.74) is 4.25. The second-order valence-corrected chi connectivity index (χ2v) is 10.6. The predicted octanol–water partition coefficient (Wildman–Crippen LogP) is 5.02. The lowest BCUT2D eigenvalue weighted by molar-refractivity contribution is 0.184. The van der Waals surface area contributed by atoms with Crippen molar-refractivity contribution in [2.75, 3.05) is 0 Å². The van der Waals surface area contributed by atoms with Crippen molar-refractivity contribution < 1.29 is 0 Å². The first-order valence-corrected chi connectivity index (χ1v) is 12.9. The molecule has 8 nitrogen and oxygen atoms in total. The number of H-pyrrole nitrogens is 1. The van der Waals surface area contributed by atoms with Gasteiger partial charge in [0.1, 0.15) is 6.04 Å². The van der Waals surface area contributed by atoms with Crippen molar-refractivity contribution >= 4 is 10.9 Å². The quantitative estimate of drug-likeness (QED) is 0.317. The second kappa shape index (κ2) is 10.7. The van der Waals surface area contributed by atoms with E-state index in [0.717, 1.165) is 28.5 Å². The van der Waals surface area contributed by atoms with Gasteiger partial charge in [-0.05, 0) is 84.0 Å². The minimum atomic E-state index is -0.511. The fourth-order valence-electron chi connectivity index (χ4n) is 4.82. The number of pyridine rings is 2. The average molecular weight is 508 g/mol. The number of aromatic amines is 1. The Bertz CT molecular complexity index is 1530. The Kier molecular flexibility index (Phi) is 7.15. The molecule has 0 spiro atoms. The molecule has 8 heteroatoms. The summed E-state index contributed by atoms with van der Waals surface area (Å²) < 4.78 is 1.82. The average Bonchev–Trinajstić information content (AvgIpc) is 3.40. The lowest BCUT2D eigenvalue weighted by atomic mass is 9.99. The molecule has 0 amide bonds. The Morgan fingerprint density at radius 1 is 0.947 bits per heavy atom. The first kappa shape index (κ1) is 25.5. The van der Waals surface area contributed by atoms with E-state index >= 15 is 0 Å². The van der Waals surface area contributed by atoms with Crippen LogP contribution < -0.4 is 5.56 Å². The predicted molar refractivity (Wildman–Crippen MR) is 149 cm³/mol.